The van der Waals surface area contributed by atoms with Gasteiger partial charge in [0, 0.05) is 11.4 Å². The minimum Gasteiger partial charge on any atom is -0.395 e. The predicted octanol–water partition coefficient (Wildman–Crippen LogP) is 2.08. The van der Waals surface area contributed by atoms with Gasteiger partial charge in [0.25, 0.3) is 0 Å². The Morgan fingerprint density at radius 1 is 1.69 bits per heavy atom. The molecule has 1 aliphatic heterocycles. The summed E-state index contributed by atoms with van der Waals surface area (Å²) in [6.07, 6.45) is 1.17. The van der Waals surface area contributed by atoms with Crippen LogP contribution in [-0.4, -0.2) is 34.2 Å². The van der Waals surface area contributed by atoms with Crippen molar-refractivity contribution in [1.82, 2.24) is 9.88 Å². The van der Waals surface area contributed by atoms with Crippen molar-refractivity contribution in [2.75, 3.05) is 13.2 Å². The highest BCUT2D eigenvalue weighted by Gasteiger charge is 2.30. The lowest BCUT2D eigenvalue weighted by molar-refractivity contribution is 0.134. The fourth-order valence-electron chi connectivity index (χ4n) is 2.24. The Morgan fingerprint density at radius 2 is 2.50 bits per heavy atom. The molecule has 1 aliphatic rings. The van der Waals surface area contributed by atoms with Crippen LogP contribution in [0.25, 0.3) is 0 Å². The van der Waals surface area contributed by atoms with Gasteiger partial charge in [0.2, 0.25) is 0 Å². The third kappa shape index (κ3) is 2.56. The van der Waals surface area contributed by atoms with Crippen LogP contribution in [0.5, 0.6) is 0 Å². The van der Waals surface area contributed by atoms with Gasteiger partial charge in [0.05, 0.1) is 24.7 Å². The summed E-state index contributed by atoms with van der Waals surface area (Å²) in [5, 5.41) is 12.5. The number of alkyl halides is 1. The number of nitrogens with zero attached hydrogens (tertiary/aromatic N) is 2. The Bertz CT molecular complexity index is 344. The second kappa shape index (κ2) is 5.45. The van der Waals surface area contributed by atoms with Crippen LogP contribution in [0.4, 0.5) is 0 Å². The van der Waals surface area contributed by atoms with Crippen LogP contribution in [0.3, 0.4) is 0 Å². The number of thiazole rings is 1. The molecule has 1 saturated heterocycles. The molecule has 0 aliphatic carbocycles. The standard InChI is InChI=1S/C11H17ClN2OS/c1-8-2-3-14(10(8)6-15)5-11-13-9(4-12)7-16-11/h7-8,10,15H,2-6H2,1H3. The van der Waals surface area contributed by atoms with E-state index in [4.69, 9.17) is 11.6 Å². The van der Waals surface area contributed by atoms with Gasteiger partial charge >= 0.3 is 0 Å². The van der Waals surface area contributed by atoms with Crippen molar-refractivity contribution in [2.24, 2.45) is 5.92 Å². The van der Waals surface area contributed by atoms with Crippen LogP contribution in [0.1, 0.15) is 24.0 Å². The Hall–Kier alpha value is -0.160. The van der Waals surface area contributed by atoms with E-state index in [1.807, 2.05) is 5.38 Å². The van der Waals surface area contributed by atoms with Crippen molar-refractivity contribution in [3.05, 3.63) is 16.1 Å². The molecule has 0 spiro atoms. The zero-order chi connectivity index (χ0) is 11.5. The molecular weight excluding hydrogens is 244 g/mol. The molecule has 16 heavy (non-hydrogen) atoms. The van der Waals surface area contributed by atoms with Gasteiger partial charge in [-0.3, -0.25) is 4.90 Å². The lowest BCUT2D eigenvalue weighted by Crippen LogP contribution is -2.34. The van der Waals surface area contributed by atoms with E-state index >= 15 is 0 Å². The average Bonchev–Trinajstić information content (AvgIpc) is 2.86. The second-order valence-electron chi connectivity index (χ2n) is 4.35. The predicted molar refractivity (Wildman–Crippen MR) is 66.7 cm³/mol. The fraction of sp³-hybridized carbons (Fsp3) is 0.727. The largest absolute Gasteiger partial charge is 0.395 e. The number of rotatable bonds is 4. The molecule has 0 aromatic carbocycles. The molecule has 2 rings (SSSR count). The monoisotopic (exact) mass is 260 g/mol. The van der Waals surface area contributed by atoms with E-state index in [-0.39, 0.29) is 6.61 Å². The van der Waals surface area contributed by atoms with Crippen LogP contribution in [0.2, 0.25) is 0 Å². The summed E-state index contributed by atoms with van der Waals surface area (Å²) in [6, 6.07) is 0.295. The second-order valence-corrected chi connectivity index (χ2v) is 5.56. The lowest BCUT2D eigenvalue weighted by atomic mass is 10.0. The molecule has 0 bridgehead atoms. The molecule has 0 amide bonds. The Labute approximate surface area is 105 Å². The van der Waals surface area contributed by atoms with Crippen molar-refractivity contribution in [3.8, 4) is 0 Å². The summed E-state index contributed by atoms with van der Waals surface area (Å²) in [4.78, 5) is 6.77. The van der Waals surface area contributed by atoms with Gasteiger partial charge in [0.1, 0.15) is 5.01 Å². The van der Waals surface area contributed by atoms with Crippen molar-refractivity contribution in [2.45, 2.75) is 31.8 Å². The summed E-state index contributed by atoms with van der Waals surface area (Å²) in [5.74, 6) is 1.06. The summed E-state index contributed by atoms with van der Waals surface area (Å²) in [7, 11) is 0. The first-order valence-corrected chi connectivity index (χ1v) is 7.00. The zero-order valence-corrected chi connectivity index (χ0v) is 11.0. The van der Waals surface area contributed by atoms with Gasteiger partial charge in [0.15, 0.2) is 0 Å². The van der Waals surface area contributed by atoms with Crippen molar-refractivity contribution in [1.29, 1.82) is 0 Å². The normalized spacial score (nSPS) is 26.4. The summed E-state index contributed by atoms with van der Waals surface area (Å²) in [6.45, 7) is 4.35. The topological polar surface area (TPSA) is 36.4 Å². The fourth-order valence-corrected chi connectivity index (χ4v) is 3.28. The molecule has 1 N–H and O–H groups in total. The Balaban J connectivity index is 1.98. The van der Waals surface area contributed by atoms with Crippen LogP contribution >= 0.6 is 22.9 Å². The van der Waals surface area contributed by atoms with Crippen molar-refractivity contribution < 1.29 is 5.11 Å². The van der Waals surface area contributed by atoms with Crippen LogP contribution in [0.15, 0.2) is 5.38 Å². The van der Waals surface area contributed by atoms with Gasteiger partial charge in [-0.15, -0.1) is 22.9 Å². The van der Waals surface area contributed by atoms with Crippen molar-refractivity contribution in [3.63, 3.8) is 0 Å². The quantitative estimate of drug-likeness (QED) is 0.843. The molecule has 90 valence electrons. The lowest BCUT2D eigenvalue weighted by Gasteiger charge is -2.23. The summed E-state index contributed by atoms with van der Waals surface area (Å²) >= 11 is 7.38. The number of aliphatic hydroxyl groups is 1. The molecule has 2 atom stereocenters. The zero-order valence-electron chi connectivity index (χ0n) is 9.40. The maximum absolute atomic E-state index is 9.36. The van der Waals surface area contributed by atoms with E-state index in [0.29, 0.717) is 17.8 Å². The van der Waals surface area contributed by atoms with Crippen LogP contribution < -0.4 is 0 Å². The molecule has 0 radical (unpaired) electrons. The SMILES string of the molecule is CC1CCN(Cc2nc(CCl)cs2)C1CO. The number of aromatic nitrogens is 1. The molecule has 5 heteroatoms. The van der Waals surface area contributed by atoms with E-state index < -0.39 is 0 Å². The molecule has 2 unspecified atom stereocenters. The van der Waals surface area contributed by atoms with E-state index in [1.54, 1.807) is 11.3 Å². The first-order chi connectivity index (χ1) is 7.74. The highest BCUT2D eigenvalue weighted by Crippen LogP contribution is 2.26. The molecule has 2 heterocycles. The number of halogens is 1. The van der Waals surface area contributed by atoms with Crippen molar-refractivity contribution >= 4 is 22.9 Å². The average molecular weight is 261 g/mol. The first kappa shape index (κ1) is 12.3. The van der Waals surface area contributed by atoms with Gasteiger partial charge in [-0.2, -0.15) is 0 Å². The number of hydrogen-bond donors (Lipinski definition) is 1. The van der Waals surface area contributed by atoms with E-state index in [2.05, 4.69) is 16.8 Å². The maximum atomic E-state index is 9.36. The third-order valence-corrected chi connectivity index (χ3v) is 4.42. The molecule has 1 aromatic heterocycles. The van der Waals surface area contributed by atoms with E-state index in [1.165, 1.54) is 6.42 Å². The highest BCUT2D eigenvalue weighted by molar-refractivity contribution is 7.09. The summed E-state index contributed by atoms with van der Waals surface area (Å²) < 4.78 is 0. The molecule has 3 nitrogen and oxygen atoms in total. The maximum Gasteiger partial charge on any atom is 0.107 e. The van der Waals surface area contributed by atoms with E-state index in [0.717, 1.165) is 23.8 Å². The highest BCUT2D eigenvalue weighted by atomic mass is 35.5. The van der Waals surface area contributed by atoms with Crippen LogP contribution in [0, 0.1) is 5.92 Å². The van der Waals surface area contributed by atoms with E-state index in [9.17, 15) is 5.11 Å². The minimum absolute atomic E-state index is 0.245. The number of likely N-dealkylation sites (tertiary alicyclic amines) is 1. The third-order valence-electron chi connectivity index (χ3n) is 3.26. The molecule has 1 aromatic rings. The summed E-state index contributed by atoms with van der Waals surface area (Å²) in [5.41, 5.74) is 0.953. The van der Waals surface area contributed by atoms with Gasteiger partial charge in [-0.25, -0.2) is 4.98 Å². The Kier molecular flexibility index (Phi) is 4.19. The van der Waals surface area contributed by atoms with Gasteiger partial charge < -0.3 is 5.11 Å². The Morgan fingerprint density at radius 3 is 3.12 bits per heavy atom. The molecule has 1 fully saturated rings. The van der Waals surface area contributed by atoms with Crippen LogP contribution in [-0.2, 0) is 12.4 Å². The van der Waals surface area contributed by atoms with Gasteiger partial charge in [-0.05, 0) is 18.9 Å². The smallest absolute Gasteiger partial charge is 0.107 e. The first-order valence-electron chi connectivity index (χ1n) is 5.58. The molecular formula is C11H17ClN2OS. The molecule has 0 saturated carbocycles. The number of aliphatic hydroxyl groups excluding tert-OH is 1. The minimum atomic E-state index is 0.245. The van der Waals surface area contributed by atoms with Gasteiger partial charge in [-0.1, -0.05) is 6.92 Å². The number of hydrogen-bond acceptors (Lipinski definition) is 4.